The molecule has 3 heterocycles. The first kappa shape index (κ1) is 18.3. The van der Waals surface area contributed by atoms with Gasteiger partial charge >= 0.3 is 0 Å². The van der Waals surface area contributed by atoms with Gasteiger partial charge in [-0.1, -0.05) is 48.0 Å². The third-order valence-electron chi connectivity index (χ3n) is 4.99. The fourth-order valence-corrected chi connectivity index (χ4v) is 3.68. The molecule has 3 aromatic heterocycles. The molecule has 5 aromatic rings. The molecule has 0 bridgehead atoms. The number of anilines is 1. The van der Waals surface area contributed by atoms with Crippen LogP contribution in [0.3, 0.4) is 0 Å². The minimum atomic E-state index is 0.632. The Hall–Kier alpha value is -3.70. The van der Waals surface area contributed by atoms with Crippen LogP contribution in [0.5, 0.6) is 0 Å². The van der Waals surface area contributed by atoms with Crippen LogP contribution in [0.1, 0.15) is 5.69 Å². The largest absolute Gasteiger partial charge is 0.359 e. The van der Waals surface area contributed by atoms with Crippen LogP contribution in [0.15, 0.2) is 91.5 Å². The number of fused-ring (bicyclic) bond motifs is 1. The number of rotatable bonds is 5. The third kappa shape index (κ3) is 3.51. The normalized spacial score (nSPS) is 11.0. The van der Waals surface area contributed by atoms with Crippen LogP contribution in [0.4, 0.5) is 5.82 Å². The second kappa shape index (κ2) is 7.97. The highest BCUT2D eigenvalue weighted by molar-refractivity contribution is 6.30. The number of halogens is 1. The second-order valence-electron chi connectivity index (χ2n) is 6.92. The highest BCUT2D eigenvalue weighted by atomic mass is 35.5. The van der Waals surface area contributed by atoms with E-state index >= 15 is 0 Å². The van der Waals surface area contributed by atoms with Crippen molar-refractivity contribution in [3.05, 3.63) is 102 Å². The van der Waals surface area contributed by atoms with Crippen molar-refractivity contribution in [1.29, 1.82) is 0 Å². The summed E-state index contributed by atoms with van der Waals surface area (Å²) >= 11 is 6.10. The molecule has 5 rings (SSSR count). The van der Waals surface area contributed by atoms with Crippen LogP contribution in [-0.2, 0) is 6.54 Å². The highest BCUT2D eigenvalue weighted by Gasteiger charge is 2.17. The number of nitrogens with zero attached hydrogens (tertiary/aromatic N) is 3. The van der Waals surface area contributed by atoms with E-state index in [0.29, 0.717) is 11.6 Å². The van der Waals surface area contributed by atoms with Gasteiger partial charge in [0.05, 0.1) is 5.39 Å². The van der Waals surface area contributed by atoms with Crippen molar-refractivity contribution in [2.24, 2.45) is 0 Å². The molecule has 6 heteroatoms. The molecule has 5 nitrogen and oxygen atoms in total. The molecule has 146 valence electrons. The lowest BCUT2D eigenvalue weighted by Gasteiger charge is -2.07. The molecule has 0 radical (unpaired) electrons. The Kier molecular flexibility index (Phi) is 4.87. The van der Waals surface area contributed by atoms with E-state index in [1.54, 1.807) is 6.33 Å². The van der Waals surface area contributed by atoms with Crippen molar-refractivity contribution in [3.63, 3.8) is 0 Å². The molecule has 0 aliphatic rings. The topological polar surface area (TPSA) is 56.9 Å². The van der Waals surface area contributed by atoms with Crippen LogP contribution in [0.25, 0.3) is 27.8 Å². The maximum atomic E-state index is 6.10. The Morgan fingerprint density at radius 2 is 1.70 bits per heavy atom. The van der Waals surface area contributed by atoms with Crippen molar-refractivity contribution in [1.82, 2.24) is 14.5 Å². The molecule has 0 aliphatic heterocycles. The molecule has 0 saturated carbocycles. The lowest BCUT2D eigenvalue weighted by molar-refractivity contribution is -0.389. The molecular formula is C24H19ClN5+. The summed E-state index contributed by atoms with van der Waals surface area (Å²) in [6, 6.07) is 24.1. The smallest absolute Gasteiger partial charge is 0.198 e. The lowest BCUT2D eigenvalue weighted by Crippen LogP contribution is -2.14. The van der Waals surface area contributed by atoms with Crippen molar-refractivity contribution in [3.8, 4) is 16.8 Å². The number of aromatic nitrogens is 4. The van der Waals surface area contributed by atoms with Gasteiger partial charge in [-0.15, -0.1) is 0 Å². The average molecular weight is 413 g/mol. The summed E-state index contributed by atoms with van der Waals surface area (Å²) in [6.45, 7) is 0.632. The van der Waals surface area contributed by atoms with Crippen LogP contribution in [-0.4, -0.2) is 14.5 Å². The Labute approximate surface area is 179 Å². The molecule has 2 aromatic carbocycles. The van der Waals surface area contributed by atoms with E-state index in [-0.39, 0.29) is 0 Å². The van der Waals surface area contributed by atoms with Gasteiger partial charge in [0.1, 0.15) is 18.7 Å². The van der Waals surface area contributed by atoms with Gasteiger partial charge in [0.25, 0.3) is 0 Å². The summed E-state index contributed by atoms with van der Waals surface area (Å²) in [4.78, 5) is 12.4. The minimum absolute atomic E-state index is 0.632. The zero-order valence-electron chi connectivity index (χ0n) is 16.1. The molecular weight excluding hydrogens is 394 g/mol. The maximum absolute atomic E-state index is 6.10. The predicted molar refractivity (Wildman–Crippen MR) is 120 cm³/mol. The van der Waals surface area contributed by atoms with Crippen molar-refractivity contribution in [2.75, 3.05) is 5.32 Å². The zero-order valence-corrected chi connectivity index (χ0v) is 16.8. The fraction of sp³-hybridized carbons (Fsp3) is 0.0417. The summed E-state index contributed by atoms with van der Waals surface area (Å²) in [7, 11) is 0. The number of aromatic amines is 1. The van der Waals surface area contributed by atoms with Crippen molar-refractivity contribution >= 4 is 28.5 Å². The third-order valence-corrected chi connectivity index (χ3v) is 5.24. The Morgan fingerprint density at radius 1 is 0.900 bits per heavy atom. The monoisotopic (exact) mass is 412 g/mol. The molecule has 0 amide bonds. The van der Waals surface area contributed by atoms with Gasteiger partial charge in [0.15, 0.2) is 17.5 Å². The Balaban J connectivity index is 1.67. The van der Waals surface area contributed by atoms with Crippen molar-refractivity contribution in [2.45, 2.75) is 6.54 Å². The molecule has 0 aliphatic carbocycles. The van der Waals surface area contributed by atoms with Gasteiger partial charge in [-0.05, 0) is 29.8 Å². The molecule has 30 heavy (non-hydrogen) atoms. The summed E-state index contributed by atoms with van der Waals surface area (Å²) in [5.41, 5.74) is 5.08. The van der Waals surface area contributed by atoms with Gasteiger partial charge < -0.3 is 9.88 Å². The first-order valence-corrected chi connectivity index (χ1v) is 10.0. The van der Waals surface area contributed by atoms with Gasteiger partial charge in [0.2, 0.25) is 0 Å². The van der Waals surface area contributed by atoms with E-state index in [1.165, 1.54) is 0 Å². The molecule has 0 atom stereocenters. The maximum Gasteiger partial charge on any atom is 0.198 e. The van der Waals surface area contributed by atoms with Crippen LogP contribution < -0.4 is 10.3 Å². The van der Waals surface area contributed by atoms with E-state index in [1.807, 2.05) is 66.9 Å². The number of benzene rings is 2. The summed E-state index contributed by atoms with van der Waals surface area (Å²) in [6.07, 6.45) is 5.62. The molecule has 0 unspecified atom stereocenters. The van der Waals surface area contributed by atoms with Crippen molar-refractivity contribution < 1.29 is 4.98 Å². The van der Waals surface area contributed by atoms with Crippen LogP contribution in [0, 0.1) is 0 Å². The zero-order chi connectivity index (χ0) is 20.3. The number of nitrogens with one attached hydrogen (secondary N) is 2. The number of hydrogen-bond donors (Lipinski definition) is 1. The van der Waals surface area contributed by atoms with Crippen LogP contribution >= 0.6 is 11.6 Å². The second-order valence-corrected chi connectivity index (χ2v) is 7.35. The molecule has 0 spiro atoms. The van der Waals surface area contributed by atoms with E-state index in [4.69, 9.17) is 11.6 Å². The van der Waals surface area contributed by atoms with Gasteiger partial charge in [-0.25, -0.2) is 15.0 Å². The van der Waals surface area contributed by atoms with Crippen LogP contribution in [0.2, 0.25) is 5.02 Å². The first-order valence-electron chi connectivity index (χ1n) is 9.66. The van der Waals surface area contributed by atoms with E-state index in [2.05, 4.69) is 43.2 Å². The highest BCUT2D eigenvalue weighted by Crippen LogP contribution is 2.35. The van der Waals surface area contributed by atoms with Gasteiger partial charge in [-0.3, -0.25) is 0 Å². The number of H-pyrrole nitrogens is 1. The minimum Gasteiger partial charge on any atom is -0.359 e. The molecule has 2 N–H and O–H groups in total. The summed E-state index contributed by atoms with van der Waals surface area (Å²) in [5, 5.41) is 5.16. The number of hydrogen-bond acceptors (Lipinski definition) is 3. The lowest BCUT2D eigenvalue weighted by atomic mass is 10.1. The molecule has 0 fully saturated rings. The average Bonchev–Trinajstić information content (AvgIpc) is 3.20. The SMILES string of the molecule is Clc1ccc(-n2cc(-c3ccccc3)c3c(NCc4cccc[nH+]4)ncnc32)cc1. The van der Waals surface area contributed by atoms with E-state index in [9.17, 15) is 0 Å². The summed E-state index contributed by atoms with van der Waals surface area (Å²) in [5.74, 6) is 0.795. The Bertz CT molecular complexity index is 1280. The van der Waals surface area contributed by atoms with E-state index < -0.39 is 0 Å². The van der Waals surface area contributed by atoms with Gasteiger partial charge in [-0.2, -0.15) is 0 Å². The fourth-order valence-electron chi connectivity index (χ4n) is 3.55. The number of pyridine rings is 1. The summed E-state index contributed by atoms with van der Waals surface area (Å²) < 4.78 is 2.08. The molecule has 0 saturated heterocycles. The first-order chi connectivity index (χ1) is 14.8. The predicted octanol–water partition coefficient (Wildman–Crippen LogP) is 5.17. The Morgan fingerprint density at radius 3 is 2.47 bits per heavy atom. The standard InChI is InChI=1S/C24H18ClN5/c25-18-9-11-20(12-10-18)30-15-21(17-6-2-1-3-7-17)22-23(28-16-29-24(22)30)27-14-19-8-4-5-13-26-19/h1-13,15-16H,14H2,(H,27,28,29)/p+1. The quantitative estimate of drug-likeness (QED) is 0.433. The van der Waals surface area contributed by atoms with Gasteiger partial charge in [0, 0.05) is 34.6 Å². The van der Waals surface area contributed by atoms with E-state index in [0.717, 1.165) is 39.4 Å².